The number of nitrogens with two attached hydrogens (primary N) is 1. The molecule has 0 unspecified atom stereocenters. The number of carbonyl (C=O) groups excluding carboxylic acids is 1. The minimum absolute atomic E-state index is 0.0315. The highest BCUT2D eigenvalue weighted by Gasteiger charge is 2.23. The van der Waals surface area contributed by atoms with Gasteiger partial charge in [-0.2, -0.15) is 0 Å². The predicted molar refractivity (Wildman–Crippen MR) is 59.2 cm³/mol. The fourth-order valence-corrected chi connectivity index (χ4v) is 2.02. The molecule has 0 radical (unpaired) electrons. The van der Waals surface area contributed by atoms with Crippen LogP contribution in [0.1, 0.15) is 48.4 Å². The first-order valence-electron chi connectivity index (χ1n) is 5.87. The van der Waals surface area contributed by atoms with E-state index in [0.717, 1.165) is 31.7 Å². The number of hydrogen-bond donors (Lipinski definition) is 2. The summed E-state index contributed by atoms with van der Waals surface area (Å²) in [6.45, 7) is 0. The van der Waals surface area contributed by atoms with Crippen LogP contribution in [-0.2, 0) is 0 Å². The van der Waals surface area contributed by atoms with Gasteiger partial charge in [0.05, 0.1) is 0 Å². The van der Waals surface area contributed by atoms with E-state index in [-0.39, 0.29) is 17.8 Å². The zero-order valence-corrected chi connectivity index (χ0v) is 9.73. The molecule has 1 aromatic heterocycles. The molecule has 1 aliphatic carbocycles. The molecule has 0 saturated heterocycles. The molecule has 1 saturated carbocycles. The Morgan fingerprint density at radius 2 is 2.11 bits per heavy atom. The summed E-state index contributed by atoms with van der Waals surface area (Å²) in [7, 11) is 0. The molecule has 1 heterocycles. The molecule has 2 rings (SSSR count). The van der Waals surface area contributed by atoms with Gasteiger partial charge in [0.15, 0.2) is 5.69 Å². The van der Waals surface area contributed by atoms with E-state index in [0.29, 0.717) is 0 Å². The van der Waals surface area contributed by atoms with Crippen molar-refractivity contribution in [2.45, 2.75) is 44.2 Å². The molecule has 0 atom stereocenters. The summed E-state index contributed by atoms with van der Waals surface area (Å²) < 4.78 is 28.9. The quantitative estimate of drug-likeness (QED) is 0.864. The standard InChI is InChI=1S/C11H15F2N3O2/c12-10(13)9-5-8(16-18-9)11(17)15-7-3-1-6(14)2-4-7/h5-7,10H,1-4,14H2,(H,15,17)/t6-,7-. The van der Waals surface area contributed by atoms with E-state index in [4.69, 9.17) is 5.73 Å². The molecule has 1 aliphatic rings. The van der Waals surface area contributed by atoms with Crippen molar-refractivity contribution in [3.63, 3.8) is 0 Å². The third kappa shape index (κ3) is 3.04. The Bertz CT molecular complexity index is 414. The average Bonchev–Trinajstić information content (AvgIpc) is 2.81. The summed E-state index contributed by atoms with van der Waals surface area (Å²) in [6, 6.07) is 1.19. The molecular weight excluding hydrogens is 244 g/mol. The van der Waals surface area contributed by atoms with Crippen LogP contribution in [0, 0.1) is 0 Å². The number of rotatable bonds is 3. The maximum absolute atomic E-state index is 12.3. The highest BCUT2D eigenvalue weighted by atomic mass is 19.3. The second-order valence-corrected chi connectivity index (χ2v) is 4.50. The van der Waals surface area contributed by atoms with Crippen LogP contribution in [0.15, 0.2) is 10.6 Å². The topological polar surface area (TPSA) is 81.1 Å². The van der Waals surface area contributed by atoms with Crippen molar-refractivity contribution in [2.24, 2.45) is 5.73 Å². The van der Waals surface area contributed by atoms with Gasteiger partial charge in [0.25, 0.3) is 12.3 Å². The van der Waals surface area contributed by atoms with Crippen LogP contribution in [0.25, 0.3) is 0 Å². The van der Waals surface area contributed by atoms with Crippen LogP contribution in [0.4, 0.5) is 8.78 Å². The number of halogens is 2. The van der Waals surface area contributed by atoms with Crippen LogP contribution in [-0.4, -0.2) is 23.1 Å². The van der Waals surface area contributed by atoms with Crippen LogP contribution < -0.4 is 11.1 Å². The minimum Gasteiger partial charge on any atom is -0.354 e. The summed E-state index contributed by atoms with van der Waals surface area (Å²) in [4.78, 5) is 11.7. The molecule has 0 spiro atoms. The first kappa shape index (κ1) is 12.9. The molecule has 18 heavy (non-hydrogen) atoms. The first-order valence-corrected chi connectivity index (χ1v) is 5.87. The highest BCUT2D eigenvalue weighted by Crippen LogP contribution is 2.20. The van der Waals surface area contributed by atoms with E-state index in [1.807, 2.05) is 0 Å². The van der Waals surface area contributed by atoms with E-state index in [2.05, 4.69) is 15.0 Å². The van der Waals surface area contributed by atoms with Gasteiger partial charge in [-0.1, -0.05) is 5.16 Å². The van der Waals surface area contributed by atoms with Gasteiger partial charge in [-0.3, -0.25) is 4.79 Å². The molecular formula is C11H15F2N3O2. The maximum Gasteiger partial charge on any atom is 0.298 e. The smallest absolute Gasteiger partial charge is 0.298 e. The molecule has 100 valence electrons. The SMILES string of the molecule is N[C@H]1CC[C@H](NC(=O)c2cc(C(F)F)on2)CC1. The monoisotopic (exact) mass is 259 g/mol. The summed E-state index contributed by atoms with van der Waals surface area (Å²) >= 11 is 0. The number of nitrogens with zero attached hydrogens (tertiary/aromatic N) is 1. The van der Waals surface area contributed by atoms with Crippen LogP contribution in [0.5, 0.6) is 0 Å². The predicted octanol–water partition coefficient (Wildman–Crippen LogP) is 1.61. The van der Waals surface area contributed by atoms with Gasteiger partial charge in [-0.25, -0.2) is 8.78 Å². The lowest BCUT2D eigenvalue weighted by atomic mass is 9.92. The number of alkyl halides is 2. The zero-order chi connectivity index (χ0) is 13.1. The van der Waals surface area contributed by atoms with Crippen LogP contribution in [0.2, 0.25) is 0 Å². The van der Waals surface area contributed by atoms with Gasteiger partial charge < -0.3 is 15.6 Å². The third-order valence-corrected chi connectivity index (χ3v) is 3.08. The Morgan fingerprint density at radius 3 is 2.67 bits per heavy atom. The number of nitrogens with one attached hydrogen (secondary N) is 1. The number of aromatic nitrogens is 1. The van der Waals surface area contributed by atoms with E-state index < -0.39 is 18.1 Å². The van der Waals surface area contributed by atoms with E-state index in [1.54, 1.807) is 0 Å². The Hall–Kier alpha value is -1.50. The van der Waals surface area contributed by atoms with Crippen molar-refractivity contribution in [3.05, 3.63) is 17.5 Å². The summed E-state index contributed by atoms with van der Waals surface area (Å²) in [6.07, 6.45) is 0.545. The molecule has 0 bridgehead atoms. The van der Waals surface area contributed by atoms with Crippen molar-refractivity contribution in [1.82, 2.24) is 10.5 Å². The van der Waals surface area contributed by atoms with Crippen LogP contribution >= 0.6 is 0 Å². The Balaban J connectivity index is 1.91. The largest absolute Gasteiger partial charge is 0.354 e. The third-order valence-electron chi connectivity index (χ3n) is 3.08. The molecule has 5 nitrogen and oxygen atoms in total. The van der Waals surface area contributed by atoms with Crippen molar-refractivity contribution >= 4 is 5.91 Å². The molecule has 0 aliphatic heterocycles. The minimum atomic E-state index is -2.76. The second-order valence-electron chi connectivity index (χ2n) is 4.50. The lowest BCUT2D eigenvalue weighted by Crippen LogP contribution is -2.40. The van der Waals surface area contributed by atoms with Gasteiger partial charge in [0.1, 0.15) is 0 Å². The van der Waals surface area contributed by atoms with E-state index >= 15 is 0 Å². The lowest BCUT2D eigenvalue weighted by molar-refractivity contribution is 0.0912. The number of hydrogen-bond acceptors (Lipinski definition) is 4. The highest BCUT2D eigenvalue weighted by molar-refractivity contribution is 5.92. The molecule has 1 amide bonds. The number of carbonyl (C=O) groups is 1. The average molecular weight is 259 g/mol. The summed E-state index contributed by atoms with van der Waals surface area (Å²) in [5.74, 6) is -1.07. The van der Waals surface area contributed by atoms with Crippen LogP contribution in [0.3, 0.4) is 0 Å². The van der Waals surface area contributed by atoms with Gasteiger partial charge >= 0.3 is 0 Å². The van der Waals surface area contributed by atoms with Crippen molar-refractivity contribution in [1.29, 1.82) is 0 Å². The maximum atomic E-state index is 12.3. The van der Waals surface area contributed by atoms with Gasteiger partial charge in [-0.05, 0) is 25.7 Å². The lowest BCUT2D eigenvalue weighted by Gasteiger charge is -2.26. The Morgan fingerprint density at radius 1 is 1.44 bits per heavy atom. The van der Waals surface area contributed by atoms with Gasteiger partial charge in [0.2, 0.25) is 5.76 Å². The molecule has 7 heteroatoms. The normalized spacial score (nSPS) is 24.2. The van der Waals surface area contributed by atoms with Crippen molar-refractivity contribution in [3.8, 4) is 0 Å². The number of amides is 1. The van der Waals surface area contributed by atoms with Crippen molar-refractivity contribution in [2.75, 3.05) is 0 Å². The van der Waals surface area contributed by atoms with Gasteiger partial charge in [0, 0.05) is 18.2 Å². The van der Waals surface area contributed by atoms with E-state index in [9.17, 15) is 13.6 Å². The fraction of sp³-hybridized carbons (Fsp3) is 0.636. The summed E-state index contributed by atoms with van der Waals surface area (Å²) in [5.41, 5.74) is 5.64. The fourth-order valence-electron chi connectivity index (χ4n) is 2.02. The molecule has 1 aromatic rings. The molecule has 1 fully saturated rings. The summed E-state index contributed by atoms with van der Waals surface area (Å²) in [5, 5.41) is 6.07. The zero-order valence-electron chi connectivity index (χ0n) is 9.73. The molecule has 0 aromatic carbocycles. The first-order chi connectivity index (χ1) is 8.56. The van der Waals surface area contributed by atoms with E-state index in [1.165, 1.54) is 0 Å². The Labute approximate surface area is 103 Å². The molecule has 3 N–H and O–H groups in total. The second kappa shape index (κ2) is 5.43. The van der Waals surface area contributed by atoms with Gasteiger partial charge in [-0.15, -0.1) is 0 Å². The van der Waals surface area contributed by atoms with Crippen molar-refractivity contribution < 1.29 is 18.1 Å². The Kier molecular flexibility index (Phi) is 3.90.